The monoisotopic (exact) mass is 182 g/mol. The topological polar surface area (TPSA) is 42.7 Å². The fourth-order valence-electron chi connectivity index (χ4n) is 1.22. The summed E-state index contributed by atoms with van der Waals surface area (Å²) in [5.74, 6) is 1.04. The molecule has 0 atom stereocenters. The molecule has 4 nitrogen and oxygen atoms in total. The molecule has 1 aromatic heterocycles. The summed E-state index contributed by atoms with van der Waals surface area (Å²) < 4.78 is 2.10. The summed E-state index contributed by atoms with van der Waals surface area (Å²) in [7, 11) is 0. The van der Waals surface area contributed by atoms with Crippen LogP contribution in [0.1, 0.15) is 32.5 Å². The SMILES string of the molecule is CCCNCc1nncn1CCC. The molecule has 1 rings (SSSR count). The summed E-state index contributed by atoms with van der Waals surface area (Å²) in [5.41, 5.74) is 0. The molecule has 0 aliphatic rings. The highest BCUT2D eigenvalue weighted by Crippen LogP contribution is 1.96. The number of nitrogens with zero attached hydrogens (tertiary/aromatic N) is 3. The van der Waals surface area contributed by atoms with Crippen LogP contribution in [0.15, 0.2) is 6.33 Å². The molecule has 74 valence electrons. The van der Waals surface area contributed by atoms with E-state index in [1.54, 1.807) is 6.33 Å². The summed E-state index contributed by atoms with van der Waals surface area (Å²) in [4.78, 5) is 0. The van der Waals surface area contributed by atoms with Crippen molar-refractivity contribution >= 4 is 0 Å². The van der Waals surface area contributed by atoms with Gasteiger partial charge in [0.25, 0.3) is 0 Å². The van der Waals surface area contributed by atoms with E-state index in [0.717, 1.165) is 38.3 Å². The van der Waals surface area contributed by atoms with Gasteiger partial charge in [0.1, 0.15) is 12.2 Å². The lowest BCUT2D eigenvalue weighted by Gasteiger charge is -2.04. The molecule has 0 aromatic carbocycles. The smallest absolute Gasteiger partial charge is 0.146 e. The van der Waals surface area contributed by atoms with Crippen LogP contribution in [-0.2, 0) is 13.1 Å². The number of aromatic nitrogens is 3. The molecule has 1 heterocycles. The van der Waals surface area contributed by atoms with Gasteiger partial charge in [-0.3, -0.25) is 0 Å². The van der Waals surface area contributed by atoms with Crippen LogP contribution in [0.2, 0.25) is 0 Å². The van der Waals surface area contributed by atoms with Crippen molar-refractivity contribution in [3.8, 4) is 0 Å². The molecule has 0 fully saturated rings. The van der Waals surface area contributed by atoms with Crippen molar-refractivity contribution in [3.63, 3.8) is 0 Å². The van der Waals surface area contributed by atoms with Gasteiger partial charge in [-0.25, -0.2) is 0 Å². The van der Waals surface area contributed by atoms with Crippen LogP contribution < -0.4 is 5.32 Å². The number of hydrogen-bond donors (Lipinski definition) is 1. The summed E-state index contributed by atoms with van der Waals surface area (Å²) in [5, 5.41) is 11.3. The zero-order valence-electron chi connectivity index (χ0n) is 8.45. The van der Waals surface area contributed by atoms with Crippen LogP contribution in [0, 0.1) is 0 Å². The Labute approximate surface area is 79.4 Å². The van der Waals surface area contributed by atoms with Crippen LogP contribution in [0.3, 0.4) is 0 Å². The summed E-state index contributed by atoms with van der Waals surface area (Å²) in [6.07, 6.45) is 4.08. The molecule has 0 unspecified atom stereocenters. The van der Waals surface area contributed by atoms with E-state index in [9.17, 15) is 0 Å². The van der Waals surface area contributed by atoms with Gasteiger partial charge in [-0.05, 0) is 19.4 Å². The van der Waals surface area contributed by atoms with Crippen LogP contribution in [0.25, 0.3) is 0 Å². The standard InChI is InChI=1S/C9H18N4/c1-3-5-10-7-9-12-11-8-13(9)6-4-2/h8,10H,3-7H2,1-2H3. The summed E-state index contributed by atoms with van der Waals surface area (Å²) >= 11 is 0. The predicted molar refractivity (Wildman–Crippen MR) is 52.3 cm³/mol. The minimum Gasteiger partial charge on any atom is -0.317 e. The van der Waals surface area contributed by atoms with E-state index in [2.05, 4.69) is 33.9 Å². The molecule has 1 aromatic rings. The minimum atomic E-state index is 0.827. The number of aryl methyl sites for hydroxylation is 1. The highest BCUT2D eigenvalue weighted by Gasteiger charge is 2.01. The van der Waals surface area contributed by atoms with E-state index in [4.69, 9.17) is 0 Å². The maximum absolute atomic E-state index is 4.06. The average molecular weight is 182 g/mol. The number of nitrogens with one attached hydrogen (secondary N) is 1. The van der Waals surface area contributed by atoms with Crippen molar-refractivity contribution in [2.45, 2.75) is 39.8 Å². The van der Waals surface area contributed by atoms with Gasteiger partial charge >= 0.3 is 0 Å². The zero-order chi connectivity index (χ0) is 9.52. The van der Waals surface area contributed by atoms with Gasteiger partial charge < -0.3 is 9.88 Å². The van der Waals surface area contributed by atoms with Crippen LogP contribution in [-0.4, -0.2) is 21.3 Å². The Morgan fingerprint density at radius 2 is 2.23 bits per heavy atom. The second-order valence-electron chi connectivity index (χ2n) is 3.12. The second-order valence-corrected chi connectivity index (χ2v) is 3.12. The number of hydrogen-bond acceptors (Lipinski definition) is 3. The first kappa shape index (κ1) is 10.2. The van der Waals surface area contributed by atoms with Crippen molar-refractivity contribution in [1.29, 1.82) is 0 Å². The van der Waals surface area contributed by atoms with Crippen LogP contribution in [0.5, 0.6) is 0 Å². The Hall–Kier alpha value is -0.900. The summed E-state index contributed by atoms with van der Waals surface area (Å²) in [6, 6.07) is 0. The first-order chi connectivity index (χ1) is 6.38. The van der Waals surface area contributed by atoms with Gasteiger partial charge in [0.15, 0.2) is 0 Å². The van der Waals surface area contributed by atoms with Gasteiger partial charge in [0.05, 0.1) is 6.54 Å². The first-order valence-corrected chi connectivity index (χ1v) is 4.95. The van der Waals surface area contributed by atoms with Gasteiger partial charge in [-0.15, -0.1) is 10.2 Å². The fraction of sp³-hybridized carbons (Fsp3) is 0.778. The minimum absolute atomic E-state index is 0.827. The largest absolute Gasteiger partial charge is 0.317 e. The molecule has 0 bridgehead atoms. The highest BCUT2D eigenvalue weighted by molar-refractivity contribution is 4.84. The molecular formula is C9H18N4. The van der Waals surface area contributed by atoms with Crippen molar-refractivity contribution in [3.05, 3.63) is 12.2 Å². The molecule has 0 saturated carbocycles. The molecule has 0 radical (unpaired) electrons. The molecule has 1 N–H and O–H groups in total. The molecule has 0 amide bonds. The van der Waals surface area contributed by atoms with E-state index < -0.39 is 0 Å². The van der Waals surface area contributed by atoms with Crippen molar-refractivity contribution in [2.75, 3.05) is 6.54 Å². The van der Waals surface area contributed by atoms with E-state index in [1.165, 1.54) is 0 Å². The normalized spacial score (nSPS) is 10.6. The van der Waals surface area contributed by atoms with E-state index in [0.29, 0.717) is 0 Å². The van der Waals surface area contributed by atoms with Crippen LogP contribution in [0.4, 0.5) is 0 Å². The van der Waals surface area contributed by atoms with Crippen LogP contribution >= 0.6 is 0 Å². The first-order valence-electron chi connectivity index (χ1n) is 4.95. The lowest BCUT2D eigenvalue weighted by molar-refractivity contribution is 0.586. The van der Waals surface area contributed by atoms with E-state index >= 15 is 0 Å². The Morgan fingerprint density at radius 1 is 1.38 bits per heavy atom. The molecule has 0 spiro atoms. The van der Waals surface area contributed by atoms with Gasteiger partial charge in [-0.1, -0.05) is 13.8 Å². The van der Waals surface area contributed by atoms with Crippen molar-refractivity contribution in [1.82, 2.24) is 20.1 Å². The molecule has 13 heavy (non-hydrogen) atoms. The fourth-order valence-corrected chi connectivity index (χ4v) is 1.22. The van der Waals surface area contributed by atoms with E-state index in [1.807, 2.05) is 0 Å². The maximum atomic E-state index is 4.06. The molecule has 0 aliphatic heterocycles. The Kier molecular flexibility index (Phi) is 4.46. The third kappa shape index (κ3) is 3.14. The lowest BCUT2D eigenvalue weighted by atomic mass is 10.4. The maximum Gasteiger partial charge on any atom is 0.146 e. The molecular weight excluding hydrogens is 164 g/mol. The quantitative estimate of drug-likeness (QED) is 0.672. The summed E-state index contributed by atoms with van der Waals surface area (Å²) in [6.45, 7) is 7.19. The Balaban J connectivity index is 2.40. The van der Waals surface area contributed by atoms with Gasteiger partial charge in [-0.2, -0.15) is 0 Å². The predicted octanol–water partition coefficient (Wildman–Crippen LogP) is 1.19. The molecule has 0 aliphatic carbocycles. The number of rotatable bonds is 6. The van der Waals surface area contributed by atoms with Crippen molar-refractivity contribution < 1.29 is 0 Å². The Bertz CT molecular complexity index is 231. The molecule has 4 heteroatoms. The highest BCUT2D eigenvalue weighted by atomic mass is 15.3. The van der Waals surface area contributed by atoms with E-state index in [-0.39, 0.29) is 0 Å². The third-order valence-corrected chi connectivity index (χ3v) is 1.87. The lowest BCUT2D eigenvalue weighted by Crippen LogP contribution is -2.17. The van der Waals surface area contributed by atoms with Crippen molar-refractivity contribution in [2.24, 2.45) is 0 Å². The second kappa shape index (κ2) is 5.70. The average Bonchev–Trinajstić information content (AvgIpc) is 2.54. The zero-order valence-corrected chi connectivity index (χ0v) is 8.45. The molecule has 0 saturated heterocycles. The van der Waals surface area contributed by atoms with Gasteiger partial charge in [0, 0.05) is 6.54 Å². The van der Waals surface area contributed by atoms with Gasteiger partial charge in [0.2, 0.25) is 0 Å². The third-order valence-electron chi connectivity index (χ3n) is 1.87. The Morgan fingerprint density at radius 3 is 2.92 bits per heavy atom.